The van der Waals surface area contributed by atoms with Crippen molar-refractivity contribution in [1.82, 2.24) is 9.88 Å². The first-order valence-corrected chi connectivity index (χ1v) is 9.37. The Morgan fingerprint density at radius 3 is 2.65 bits per heavy atom. The molecule has 3 rings (SSSR count). The van der Waals surface area contributed by atoms with Crippen LogP contribution < -0.4 is 10.9 Å². The molecule has 0 spiro atoms. The molecule has 4 nitrogen and oxygen atoms in total. The van der Waals surface area contributed by atoms with Gasteiger partial charge in [0.1, 0.15) is 0 Å². The first kappa shape index (κ1) is 16.2. The highest BCUT2D eigenvalue weighted by molar-refractivity contribution is 7.19. The molecule has 1 fully saturated rings. The van der Waals surface area contributed by atoms with E-state index >= 15 is 0 Å². The monoisotopic (exact) mass is 332 g/mol. The molecule has 0 aliphatic heterocycles. The molecule has 1 aliphatic carbocycles. The van der Waals surface area contributed by atoms with E-state index in [9.17, 15) is 9.59 Å². The molecule has 2 aromatic rings. The molecule has 1 N–H and O–H groups in total. The van der Waals surface area contributed by atoms with Gasteiger partial charge >= 0.3 is 0 Å². The molecule has 0 saturated heterocycles. The van der Waals surface area contributed by atoms with Gasteiger partial charge in [0.25, 0.3) is 11.5 Å². The van der Waals surface area contributed by atoms with Gasteiger partial charge in [0.05, 0.1) is 10.9 Å². The van der Waals surface area contributed by atoms with Crippen molar-refractivity contribution in [3.05, 3.63) is 33.1 Å². The topological polar surface area (TPSA) is 51.1 Å². The number of carbonyl (C=O) groups excluding carboxylic acids is 1. The van der Waals surface area contributed by atoms with Crippen molar-refractivity contribution in [3.63, 3.8) is 0 Å². The molecule has 2 aromatic heterocycles. The highest BCUT2D eigenvalue weighted by Gasteiger charge is 2.22. The molecule has 2 heterocycles. The number of nitrogens with one attached hydrogen (secondary N) is 1. The van der Waals surface area contributed by atoms with Gasteiger partial charge in [-0.1, -0.05) is 25.7 Å². The van der Waals surface area contributed by atoms with Crippen LogP contribution in [-0.4, -0.2) is 16.5 Å². The van der Waals surface area contributed by atoms with E-state index in [0.717, 1.165) is 22.4 Å². The highest BCUT2D eigenvalue weighted by Crippen LogP contribution is 2.28. The van der Waals surface area contributed by atoms with E-state index in [4.69, 9.17) is 0 Å². The van der Waals surface area contributed by atoms with Crippen LogP contribution in [0.15, 0.2) is 17.1 Å². The largest absolute Gasteiger partial charge is 0.349 e. The lowest BCUT2D eigenvalue weighted by Gasteiger charge is -2.16. The molecule has 0 bridgehead atoms. The van der Waals surface area contributed by atoms with Gasteiger partial charge in [-0.15, -0.1) is 11.3 Å². The second-order valence-electron chi connectivity index (χ2n) is 6.34. The van der Waals surface area contributed by atoms with Crippen molar-refractivity contribution < 1.29 is 4.79 Å². The molecule has 0 atom stereocenters. The molecule has 0 unspecified atom stereocenters. The lowest BCUT2D eigenvalue weighted by Crippen LogP contribution is -2.35. The molecule has 1 aliphatic rings. The summed E-state index contributed by atoms with van der Waals surface area (Å²) in [7, 11) is 0. The number of amides is 1. The first-order chi connectivity index (χ1) is 11.1. The minimum Gasteiger partial charge on any atom is -0.349 e. The summed E-state index contributed by atoms with van der Waals surface area (Å²) in [4.78, 5) is 26.4. The maximum Gasteiger partial charge on any atom is 0.260 e. The van der Waals surface area contributed by atoms with E-state index in [1.54, 1.807) is 4.57 Å². The minimum absolute atomic E-state index is 0.0552. The van der Waals surface area contributed by atoms with E-state index in [0.29, 0.717) is 17.5 Å². The second kappa shape index (κ2) is 6.87. The molecule has 1 amide bonds. The van der Waals surface area contributed by atoms with Crippen LogP contribution in [0.3, 0.4) is 0 Å². The van der Waals surface area contributed by atoms with Crippen molar-refractivity contribution in [2.75, 3.05) is 0 Å². The fourth-order valence-corrected chi connectivity index (χ4v) is 4.52. The van der Waals surface area contributed by atoms with Crippen LogP contribution in [-0.2, 0) is 6.54 Å². The smallest absolute Gasteiger partial charge is 0.260 e. The predicted octanol–water partition coefficient (Wildman–Crippen LogP) is 3.84. The van der Waals surface area contributed by atoms with Crippen molar-refractivity contribution in [2.24, 2.45) is 0 Å². The SMILES string of the molecule is CCn1ccc2sc(C)c(C(=O)NC3CCCCCC3)c2c1=O. The molecule has 23 heavy (non-hydrogen) atoms. The number of aryl methyl sites for hydroxylation is 2. The van der Waals surface area contributed by atoms with Crippen molar-refractivity contribution >= 4 is 27.3 Å². The Morgan fingerprint density at radius 1 is 1.30 bits per heavy atom. The lowest BCUT2D eigenvalue weighted by molar-refractivity contribution is 0.0935. The third kappa shape index (κ3) is 3.20. The van der Waals surface area contributed by atoms with Crippen LogP contribution in [0.2, 0.25) is 0 Å². The maximum absolute atomic E-state index is 12.8. The quantitative estimate of drug-likeness (QED) is 0.868. The highest BCUT2D eigenvalue weighted by atomic mass is 32.1. The molecule has 1 saturated carbocycles. The van der Waals surface area contributed by atoms with E-state index in [1.165, 1.54) is 37.0 Å². The van der Waals surface area contributed by atoms with Crippen LogP contribution in [0, 0.1) is 6.92 Å². The van der Waals surface area contributed by atoms with Crippen molar-refractivity contribution in [2.45, 2.75) is 65.0 Å². The standard InChI is InChI=1S/C18H24N2O2S/c1-3-20-11-10-14-16(18(20)22)15(12(2)23-14)17(21)19-13-8-6-4-5-7-9-13/h10-11,13H,3-9H2,1-2H3,(H,19,21). The summed E-state index contributed by atoms with van der Waals surface area (Å²) in [5, 5.41) is 3.76. The first-order valence-electron chi connectivity index (χ1n) is 8.55. The zero-order valence-electron chi connectivity index (χ0n) is 13.9. The third-order valence-corrected chi connectivity index (χ3v) is 5.82. The van der Waals surface area contributed by atoms with Crippen LogP contribution in [0.1, 0.15) is 60.7 Å². The van der Waals surface area contributed by atoms with E-state index < -0.39 is 0 Å². The number of hydrogen-bond donors (Lipinski definition) is 1. The molecule has 124 valence electrons. The second-order valence-corrected chi connectivity index (χ2v) is 7.60. The Kier molecular flexibility index (Phi) is 4.85. The summed E-state index contributed by atoms with van der Waals surface area (Å²) < 4.78 is 2.57. The van der Waals surface area contributed by atoms with Gasteiger partial charge < -0.3 is 9.88 Å². The Balaban J connectivity index is 1.96. The number of nitrogens with zero attached hydrogens (tertiary/aromatic N) is 1. The van der Waals surface area contributed by atoms with Crippen LogP contribution >= 0.6 is 11.3 Å². The number of thiophene rings is 1. The summed E-state index contributed by atoms with van der Waals surface area (Å²) >= 11 is 1.53. The molecular formula is C18H24N2O2S. The Labute approximate surface area is 140 Å². The number of hydrogen-bond acceptors (Lipinski definition) is 3. The molecule has 0 aromatic carbocycles. The average molecular weight is 332 g/mol. The van der Waals surface area contributed by atoms with Gasteiger partial charge in [-0.05, 0) is 32.8 Å². The molecule has 5 heteroatoms. The summed E-state index contributed by atoms with van der Waals surface area (Å²) in [5.74, 6) is -0.0772. The normalized spacial score (nSPS) is 16.4. The summed E-state index contributed by atoms with van der Waals surface area (Å²) in [5.41, 5.74) is 0.530. The minimum atomic E-state index is -0.0772. The van der Waals surface area contributed by atoms with E-state index in [1.807, 2.05) is 26.1 Å². The number of fused-ring (bicyclic) bond motifs is 1. The summed E-state index contributed by atoms with van der Waals surface area (Å²) in [6.07, 6.45) is 8.78. The van der Waals surface area contributed by atoms with Gasteiger partial charge in [-0.2, -0.15) is 0 Å². The van der Waals surface area contributed by atoms with Crippen molar-refractivity contribution in [1.29, 1.82) is 0 Å². The van der Waals surface area contributed by atoms with Crippen LogP contribution in [0.4, 0.5) is 0 Å². The number of aromatic nitrogens is 1. The molecular weight excluding hydrogens is 308 g/mol. The van der Waals surface area contributed by atoms with Crippen molar-refractivity contribution in [3.8, 4) is 0 Å². The van der Waals surface area contributed by atoms with Gasteiger partial charge in [-0.3, -0.25) is 9.59 Å². The fourth-order valence-electron chi connectivity index (χ4n) is 3.47. The Hall–Kier alpha value is -1.62. The predicted molar refractivity (Wildman–Crippen MR) is 95.5 cm³/mol. The zero-order chi connectivity index (χ0) is 16.4. The summed E-state index contributed by atoms with van der Waals surface area (Å²) in [6.45, 7) is 4.49. The third-order valence-electron chi connectivity index (χ3n) is 4.75. The van der Waals surface area contributed by atoms with E-state index in [2.05, 4.69) is 5.32 Å². The van der Waals surface area contributed by atoms with Gasteiger partial charge in [0.15, 0.2) is 0 Å². The summed E-state index contributed by atoms with van der Waals surface area (Å²) in [6, 6.07) is 2.19. The lowest BCUT2D eigenvalue weighted by atomic mass is 10.1. The van der Waals surface area contributed by atoms with E-state index in [-0.39, 0.29) is 17.5 Å². The Bertz CT molecular complexity index is 767. The van der Waals surface area contributed by atoms with Crippen LogP contribution in [0.5, 0.6) is 0 Å². The Morgan fingerprint density at radius 2 is 2.00 bits per heavy atom. The number of carbonyl (C=O) groups is 1. The van der Waals surface area contributed by atoms with Gasteiger partial charge in [0.2, 0.25) is 0 Å². The number of pyridine rings is 1. The average Bonchev–Trinajstić information content (AvgIpc) is 2.70. The number of rotatable bonds is 3. The van der Waals surface area contributed by atoms with Crippen LogP contribution in [0.25, 0.3) is 10.1 Å². The zero-order valence-corrected chi connectivity index (χ0v) is 14.7. The van der Waals surface area contributed by atoms with Gasteiger partial charge in [-0.25, -0.2) is 0 Å². The fraction of sp³-hybridized carbons (Fsp3) is 0.556. The maximum atomic E-state index is 12.8. The van der Waals surface area contributed by atoms with Gasteiger partial charge in [0, 0.05) is 28.4 Å². The molecule has 0 radical (unpaired) electrons.